The zero-order chi connectivity index (χ0) is 13.1. The number of rotatable bonds is 5. The Labute approximate surface area is 105 Å². The van der Waals surface area contributed by atoms with Crippen LogP contribution in [-0.4, -0.2) is 74.3 Å². The van der Waals surface area contributed by atoms with Gasteiger partial charge < -0.3 is 5.73 Å². The lowest BCUT2D eigenvalue weighted by Gasteiger charge is -2.36. The molecule has 0 unspecified atom stereocenters. The lowest BCUT2D eigenvalue weighted by atomic mass is 10.3. The van der Waals surface area contributed by atoms with Crippen LogP contribution in [0, 0.1) is 0 Å². The van der Waals surface area contributed by atoms with Gasteiger partial charge in [-0.3, -0.25) is 4.90 Å². The Kier molecular flexibility index (Phi) is 5.33. The van der Waals surface area contributed by atoms with E-state index in [0.717, 1.165) is 19.6 Å². The van der Waals surface area contributed by atoms with Crippen molar-refractivity contribution in [3.8, 4) is 0 Å². The summed E-state index contributed by atoms with van der Waals surface area (Å²) in [6.07, 6.45) is 0. The Bertz CT molecular complexity index is 323. The molecule has 0 aliphatic carbocycles. The smallest absolute Gasteiger partial charge is 0.282 e. The Balaban J connectivity index is 2.59. The van der Waals surface area contributed by atoms with Gasteiger partial charge in [-0.05, 0) is 13.8 Å². The second-order valence-electron chi connectivity index (χ2n) is 4.65. The second kappa shape index (κ2) is 6.10. The van der Waals surface area contributed by atoms with Gasteiger partial charge in [-0.25, -0.2) is 0 Å². The van der Waals surface area contributed by atoms with Crippen LogP contribution in [0.5, 0.6) is 0 Å². The highest BCUT2D eigenvalue weighted by molar-refractivity contribution is 7.86. The summed E-state index contributed by atoms with van der Waals surface area (Å²) in [6.45, 7) is 7.86. The van der Waals surface area contributed by atoms with Gasteiger partial charge in [-0.1, -0.05) is 0 Å². The zero-order valence-corrected chi connectivity index (χ0v) is 11.8. The largest absolute Gasteiger partial charge is 0.329 e. The van der Waals surface area contributed by atoms with Crippen LogP contribution in [0.4, 0.5) is 0 Å². The van der Waals surface area contributed by atoms with Crippen LogP contribution in [0.2, 0.25) is 0 Å². The average molecular weight is 264 g/mol. The molecule has 7 heteroatoms. The molecule has 0 aromatic heterocycles. The van der Waals surface area contributed by atoms with Crippen molar-refractivity contribution in [2.75, 3.05) is 46.3 Å². The maximum Gasteiger partial charge on any atom is 0.282 e. The van der Waals surface area contributed by atoms with E-state index in [2.05, 4.69) is 4.90 Å². The van der Waals surface area contributed by atoms with Crippen LogP contribution in [0.25, 0.3) is 0 Å². The third kappa shape index (κ3) is 3.62. The molecule has 1 saturated heterocycles. The van der Waals surface area contributed by atoms with E-state index < -0.39 is 10.2 Å². The molecular formula is C10H24N4O2S. The first kappa shape index (κ1) is 14.8. The van der Waals surface area contributed by atoms with Crippen LogP contribution in [0.3, 0.4) is 0 Å². The van der Waals surface area contributed by atoms with Crippen molar-refractivity contribution in [3.63, 3.8) is 0 Å². The van der Waals surface area contributed by atoms with Crippen LogP contribution in [0.1, 0.15) is 13.8 Å². The van der Waals surface area contributed by atoms with Crippen LogP contribution in [-0.2, 0) is 10.2 Å². The van der Waals surface area contributed by atoms with Gasteiger partial charge in [0.15, 0.2) is 0 Å². The van der Waals surface area contributed by atoms with Gasteiger partial charge in [0.25, 0.3) is 10.2 Å². The standard InChI is InChI=1S/C10H24N4O2S/c1-10(2)12(3)17(15,16)14-8-6-13(5-4-11)7-9-14/h10H,4-9,11H2,1-3H3. The molecule has 102 valence electrons. The summed E-state index contributed by atoms with van der Waals surface area (Å²) in [7, 11) is -1.66. The molecule has 1 aliphatic heterocycles. The predicted molar refractivity (Wildman–Crippen MR) is 68.9 cm³/mol. The Hall–Kier alpha value is -0.210. The SMILES string of the molecule is CC(C)N(C)S(=O)(=O)N1CCN(CCN)CC1. The lowest BCUT2D eigenvalue weighted by molar-refractivity contribution is 0.185. The highest BCUT2D eigenvalue weighted by Gasteiger charge is 2.31. The fraction of sp³-hybridized carbons (Fsp3) is 1.00. The molecule has 6 nitrogen and oxygen atoms in total. The molecule has 1 heterocycles. The number of piperazine rings is 1. The molecule has 0 atom stereocenters. The summed E-state index contributed by atoms with van der Waals surface area (Å²) in [4.78, 5) is 2.20. The van der Waals surface area contributed by atoms with Crippen molar-refractivity contribution in [2.24, 2.45) is 5.73 Å². The molecule has 2 N–H and O–H groups in total. The van der Waals surface area contributed by atoms with Gasteiger partial charge in [-0.2, -0.15) is 17.0 Å². The maximum atomic E-state index is 12.2. The van der Waals surface area contributed by atoms with Gasteiger partial charge in [0.1, 0.15) is 0 Å². The molecule has 1 rings (SSSR count). The molecule has 1 aliphatic rings. The van der Waals surface area contributed by atoms with E-state index in [0.29, 0.717) is 19.6 Å². The normalized spacial score (nSPS) is 20.4. The topological polar surface area (TPSA) is 69.9 Å². The Morgan fingerprint density at radius 3 is 2.18 bits per heavy atom. The van der Waals surface area contributed by atoms with Crippen LogP contribution < -0.4 is 5.73 Å². The van der Waals surface area contributed by atoms with Gasteiger partial charge in [0, 0.05) is 52.4 Å². The summed E-state index contributed by atoms with van der Waals surface area (Å²) in [5.74, 6) is 0. The molecule has 1 fully saturated rings. The molecule has 0 saturated carbocycles. The van der Waals surface area contributed by atoms with Gasteiger partial charge in [-0.15, -0.1) is 0 Å². The fourth-order valence-corrected chi connectivity index (χ4v) is 3.34. The van der Waals surface area contributed by atoms with Crippen molar-refractivity contribution in [3.05, 3.63) is 0 Å². The number of hydrogen-bond acceptors (Lipinski definition) is 4. The highest BCUT2D eigenvalue weighted by Crippen LogP contribution is 2.12. The van der Waals surface area contributed by atoms with Crippen molar-refractivity contribution in [1.82, 2.24) is 13.5 Å². The van der Waals surface area contributed by atoms with Crippen molar-refractivity contribution < 1.29 is 8.42 Å². The quantitative estimate of drug-likeness (QED) is 0.702. The zero-order valence-electron chi connectivity index (χ0n) is 11.0. The molecule has 0 aromatic carbocycles. The van der Waals surface area contributed by atoms with Crippen LogP contribution >= 0.6 is 0 Å². The first-order chi connectivity index (χ1) is 7.89. The van der Waals surface area contributed by atoms with E-state index in [1.807, 2.05) is 13.8 Å². The first-order valence-corrected chi connectivity index (χ1v) is 7.44. The third-order valence-electron chi connectivity index (χ3n) is 3.19. The summed E-state index contributed by atoms with van der Waals surface area (Å²) in [5.41, 5.74) is 5.49. The first-order valence-electron chi connectivity index (χ1n) is 6.05. The molecule has 0 amide bonds. The van der Waals surface area contributed by atoms with E-state index in [1.54, 1.807) is 11.4 Å². The van der Waals surface area contributed by atoms with Crippen molar-refractivity contribution in [2.45, 2.75) is 19.9 Å². The minimum atomic E-state index is -3.29. The minimum Gasteiger partial charge on any atom is -0.329 e. The number of nitrogens with zero attached hydrogens (tertiary/aromatic N) is 3. The average Bonchev–Trinajstić information content (AvgIpc) is 2.29. The molecule has 0 radical (unpaired) electrons. The number of nitrogens with two attached hydrogens (primary N) is 1. The fourth-order valence-electron chi connectivity index (χ4n) is 1.81. The monoisotopic (exact) mass is 264 g/mol. The van der Waals surface area contributed by atoms with Crippen molar-refractivity contribution >= 4 is 10.2 Å². The van der Waals surface area contributed by atoms with Gasteiger partial charge in [0.2, 0.25) is 0 Å². The van der Waals surface area contributed by atoms with Crippen molar-refractivity contribution in [1.29, 1.82) is 0 Å². The third-order valence-corrected chi connectivity index (χ3v) is 5.36. The van der Waals surface area contributed by atoms with E-state index in [-0.39, 0.29) is 6.04 Å². The van der Waals surface area contributed by atoms with E-state index in [9.17, 15) is 8.42 Å². The summed E-state index contributed by atoms with van der Waals surface area (Å²) in [6, 6.07) is -0.0120. The van der Waals surface area contributed by atoms with Gasteiger partial charge in [0.05, 0.1) is 0 Å². The highest BCUT2D eigenvalue weighted by atomic mass is 32.2. The Morgan fingerprint density at radius 2 is 1.76 bits per heavy atom. The molecule has 17 heavy (non-hydrogen) atoms. The molecule has 0 bridgehead atoms. The second-order valence-corrected chi connectivity index (χ2v) is 6.64. The van der Waals surface area contributed by atoms with Gasteiger partial charge >= 0.3 is 0 Å². The van der Waals surface area contributed by atoms with E-state index in [1.165, 1.54) is 4.31 Å². The maximum absolute atomic E-state index is 12.2. The molecular weight excluding hydrogens is 240 g/mol. The summed E-state index contributed by atoms with van der Waals surface area (Å²) in [5, 5.41) is 0. The predicted octanol–water partition coefficient (Wildman–Crippen LogP) is -0.852. The summed E-state index contributed by atoms with van der Waals surface area (Å²) < 4.78 is 27.4. The molecule has 0 spiro atoms. The van der Waals surface area contributed by atoms with E-state index in [4.69, 9.17) is 5.73 Å². The van der Waals surface area contributed by atoms with E-state index >= 15 is 0 Å². The minimum absolute atomic E-state index is 0.0120. The Morgan fingerprint density at radius 1 is 1.24 bits per heavy atom. The lowest BCUT2D eigenvalue weighted by Crippen LogP contribution is -2.53. The molecule has 0 aromatic rings. The number of hydrogen-bond donors (Lipinski definition) is 1. The van der Waals surface area contributed by atoms with Crippen LogP contribution in [0.15, 0.2) is 0 Å². The summed E-state index contributed by atoms with van der Waals surface area (Å²) >= 11 is 0.